The second-order valence-corrected chi connectivity index (χ2v) is 3.57. The van der Waals surface area contributed by atoms with Crippen LogP contribution in [0.3, 0.4) is 0 Å². The van der Waals surface area contributed by atoms with E-state index in [9.17, 15) is 0 Å². The summed E-state index contributed by atoms with van der Waals surface area (Å²) in [5.74, 6) is 0.691. The lowest BCUT2D eigenvalue weighted by Gasteiger charge is -2.04. The normalized spacial score (nSPS) is 10.6. The van der Waals surface area contributed by atoms with Crippen LogP contribution in [0.5, 0.6) is 0 Å². The third kappa shape index (κ3) is 2.60. The van der Waals surface area contributed by atoms with Crippen LogP contribution in [0, 0.1) is 6.92 Å². The third-order valence-electron chi connectivity index (χ3n) is 2.24. The largest absolute Gasteiger partial charge is 0.304 e. The summed E-state index contributed by atoms with van der Waals surface area (Å²) in [6.45, 7) is 3.36. The van der Waals surface area contributed by atoms with Crippen molar-refractivity contribution < 1.29 is 0 Å². The molecule has 0 unspecified atom stereocenters. The van der Waals surface area contributed by atoms with Crippen LogP contribution in [0.25, 0.3) is 0 Å². The summed E-state index contributed by atoms with van der Waals surface area (Å²) in [7, 11) is 1.75. The monoisotopic (exact) mass is 218 g/mol. The quantitative estimate of drug-likeness (QED) is 0.794. The summed E-state index contributed by atoms with van der Waals surface area (Å²) in [6.07, 6.45) is 1.80. The molecular weight excluding hydrogens is 204 g/mol. The van der Waals surface area contributed by atoms with Crippen molar-refractivity contribution in [2.75, 3.05) is 0 Å². The average Bonchev–Trinajstić information content (AvgIpc) is 2.67. The van der Waals surface area contributed by atoms with Crippen molar-refractivity contribution in [3.63, 3.8) is 0 Å². The first-order valence-corrected chi connectivity index (χ1v) is 5.10. The molecule has 0 radical (unpaired) electrons. The number of pyridine rings is 1. The first kappa shape index (κ1) is 10.7. The van der Waals surface area contributed by atoms with Crippen LogP contribution >= 0.6 is 0 Å². The first-order chi connectivity index (χ1) is 7.75. The number of aryl methyl sites for hydroxylation is 2. The SMILES string of the molecule is Cc1cccnc1CNCc1nnn(C)n1. The molecule has 16 heavy (non-hydrogen) atoms. The van der Waals surface area contributed by atoms with Gasteiger partial charge in [-0.2, -0.15) is 4.80 Å². The second kappa shape index (κ2) is 4.80. The molecule has 0 atom stereocenters. The van der Waals surface area contributed by atoms with Crippen LogP contribution < -0.4 is 5.32 Å². The van der Waals surface area contributed by atoms with Crippen LogP contribution in [-0.4, -0.2) is 25.2 Å². The fraction of sp³-hybridized carbons (Fsp3) is 0.400. The van der Waals surface area contributed by atoms with E-state index in [4.69, 9.17) is 0 Å². The number of hydrogen-bond donors (Lipinski definition) is 1. The minimum atomic E-state index is 0.601. The van der Waals surface area contributed by atoms with Gasteiger partial charge in [0, 0.05) is 12.7 Å². The number of nitrogens with one attached hydrogen (secondary N) is 1. The summed E-state index contributed by atoms with van der Waals surface area (Å²) in [5.41, 5.74) is 2.23. The standard InChI is InChI=1S/C10H14N6/c1-8-4-3-5-12-9(8)6-11-7-10-13-15-16(2)14-10/h3-5,11H,6-7H2,1-2H3. The molecule has 0 aliphatic carbocycles. The summed E-state index contributed by atoms with van der Waals surface area (Å²) < 4.78 is 0. The van der Waals surface area contributed by atoms with Gasteiger partial charge in [0.1, 0.15) is 0 Å². The number of tetrazole rings is 1. The van der Waals surface area contributed by atoms with Crippen LogP contribution in [0.4, 0.5) is 0 Å². The lowest BCUT2D eigenvalue weighted by Crippen LogP contribution is -2.15. The van der Waals surface area contributed by atoms with Gasteiger partial charge in [0.15, 0.2) is 5.82 Å². The van der Waals surface area contributed by atoms with E-state index in [1.54, 1.807) is 13.2 Å². The molecule has 0 aliphatic heterocycles. The Hall–Kier alpha value is -1.82. The zero-order chi connectivity index (χ0) is 11.4. The topological polar surface area (TPSA) is 68.5 Å². The Morgan fingerprint density at radius 1 is 1.38 bits per heavy atom. The number of hydrogen-bond acceptors (Lipinski definition) is 5. The van der Waals surface area contributed by atoms with Crippen molar-refractivity contribution >= 4 is 0 Å². The van der Waals surface area contributed by atoms with E-state index >= 15 is 0 Å². The maximum absolute atomic E-state index is 4.29. The maximum atomic E-state index is 4.29. The van der Waals surface area contributed by atoms with Crippen LogP contribution in [0.15, 0.2) is 18.3 Å². The predicted octanol–water partition coefficient (Wildman–Crippen LogP) is 0.203. The van der Waals surface area contributed by atoms with Gasteiger partial charge in [-0.05, 0) is 23.8 Å². The zero-order valence-electron chi connectivity index (χ0n) is 9.38. The summed E-state index contributed by atoms with van der Waals surface area (Å²) >= 11 is 0. The maximum Gasteiger partial charge on any atom is 0.188 e. The summed E-state index contributed by atoms with van der Waals surface area (Å²) in [4.78, 5) is 5.74. The average molecular weight is 218 g/mol. The van der Waals surface area contributed by atoms with Gasteiger partial charge >= 0.3 is 0 Å². The molecule has 0 spiro atoms. The molecule has 2 aromatic heterocycles. The molecule has 84 valence electrons. The molecule has 2 heterocycles. The molecule has 0 aromatic carbocycles. The van der Waals surface area contributed by atoms with Crippen LogP contribution in [0.1, 0.15) is 17.1 Å². The fourth-order valence-electron chi connectivity index (χ4n) is 1.39. The molecule has 0 aliphatic rings. The Balaban J connectivity index is 1.87. The van der Waals surface area contributed by atoms with Gasteiger partial charge in [-0.25, -0.2) is 0 Å². The molecule has 0 amide bonds. The Bertz CT molecular complexity index is 464. The lowest BCUT2D eigenvalue weighted by atomic mass is 10.2. The van der Waals surface area contributed by atoms with Crippen molar-refractivity contribution in [3.05, 3.63) is 35.4 Å². The van der Waals surface area contributed by atoms with E-state index in [0.29, 0.717) is 18.9 Å². The van der Waals surface area contributed by atoms with E-state index in [2.05, 4.69) is 25.7 Å². The molecule has 2 aromatic rings. The summed E-state index contributed by atoms with van der Waals surface area (Å²) in [5, 5.41) is 15.0. The minimum Gasteiger partial charge on any atom is -0.304 e. The van der Waals surface area contributed by atoms with Gasteiger partial charge in [0.25, 0.3) is 0 Å². The molecule has 0 saturated carbocycles. The highest BCUT2D eigenvalue weighted by atomic mass is 15.6. The van der Waals surface area contributed by atoms with E-state index in [1.165, 1.54) is 10.4 Å². The summed E-state index contributed by atoms with van der Waals surface area (Å²) in [6, 6.07) is 3.98. The molecule has 6 nitrogen and oxygen atoms in total. The van der Waals surface area contributed by atoms with Gasteiger partial charge in [-0.1, -0.05) is 6.07 Å². The van der Waals surface area contributed by atoms with Crippen LogP contribution in [-0.2, 0) is 20.1 Å². The van der Waals surface area contributed by atoms with Gasteiger partial charge in [0.05, 0.1) is 19.3 Å². The van der Waals surface area contributed by atoms with Gasteiger partial charge < -0.3 is 5.32 Å². The van der Waals surface area contributed by atoms with Crippen molar-refractivity contribution in [2.45, 2.75) is 20.0 Å². The Morgan fingerprint density at radius 2 is 2.25 bits per heavy atom. The number of nitrogens with zero attached hydrogens (tertiary/aromatic N) is 5. The third-order valence-corrected chi connectivity index (χ3v) is 2.24. The fourth-order valence-corrected chi connectivity index (χ4v) is 1.39. The van der Waals surface area contributed by atoms with E-state index in [-0.39, 0.29) is 0 Å². The smallest absolute Gasteiger partial charge is 0.188 e. The Kier molecular flexibility index (Phi) is 3.21. The highest BCUT2D eigenvalue weighted by Crippen LogP contribution is 2.02. The zero-order valence-corrected chi connectivity index (χ0v) is 9.38. The first-order valence-electron chi connectivity index (χ1n) is 5.10. The molecular formula is C10H14N6. The molecule has 2 rings (SSSR count). The number of rotatable bonds is 4. The van der Waals surface area contributed by atoms with Crippen molar-refractivity contribution in [1.82, 2.24) is 30.5 Å². The second-order valence-electron chi connectivity index (χ2n) is 3.57. The van der Waals surface area contributed by atoms with E-state index in [1.807, 2.05) is 19.1 Å². The molecule has 6 heteroatoms. The van der Waals surface area contributed by atoms with Crippen molar-refractivity contribution in [3.8, 4) is 0 Å². The molecule has 1 N–H and O–H groups in total. The minimum absolute atomic E-state index is 0.601. The highest BCUT2D eigenvalue weighted by molar-refractivity contribution is 5.17. The Morgan fingerprint density at radius 3 is 2.94 bits per heavy atom. The van der Waals surface area contributed by atoms with Gasteiger partial charge in [-0.15, -0.1) is 10.2 Å². The molecule has 0 bridgehead atoms. The van der Waals surface area contributed by atoms with E-state index < -0.39 is 0 Å². The molecule has 0 saturated heterocycles. The highest BCUT2D eigenvalue weighted by Gasteiger charge is 2.01. The Labute approximate surface area is 93.7 Å². The predicted molar refractivity (Wildman–Crippen MR) is 58.3 cm³/mol. The van der Waals surface area contributed by atoms with Crippen molar-refractivity contribution in [1.29, 1.82) is 0 Å². The van der Waals surface area contributed by atoms with E-state index in [0.717, 1.165) is 5.69 Å². The lowest BCUT2D eigenvalue weighted by molar-refractivity contribution is 0.617. The van der Waals surface area contributed by atoms with Gasteiger partial charge in [0.2, 0.25) is 0 Å². The van der Waals surface area contributed by atoms with Crippen molar-refractivity contribution in [2.24, 2.45) is 7.05 Å². The number of aromatic nitrogens is 5. The molecule has 0 fully saturated rings. The van der Waals surface area contributed by atoms with Gasteiger partial charge in [-0.3, -0.25) is 4.98 Å². The van der Waals surface area contributed by atoms with Crippen LogP contribution in [0.2, 0.25) is 0 Å².